The van der Waals surface area contributed by atoms with Gasteiger partial charge in [0.15, 0.2) is 6.10 Å². The fourth-order valence-electron chi connectivity index (χ4n) is 1.90. The number of ether oxygens (including phenoxy) is 1. The van der Waals surface area contributed by atoms with Crippen LogP contribution >= 0.6 is 11.6 Å². The summed E-state index contributed by atoms with van der Waals surface area (Å²) in [5.74, 6) is -0.530. The highest BCUT2D eigenvalue weighted by molar-refractivity contribution is 6.17. The summed E-state index contributed by atoms with van der Waals surface area (Å²) in [6, 6.07) is 5.54. The smallest absolute Gasteiger partial charge is 0.337 e. The number of benzene rings is 1. The van der Waals surface area contributed by atoms with Crippen LogP contribution in [0.3, 0.4) is 0 Å². The number of carboxylic acids is 1. The zero-order chi connectivity index (χ0) is 10.8. The summed E-state index contributed by atoms with van der Waals surface area (Å²) in [6.07, 6.45) is -0.0981. The van der Waals surface area contributed by atoms with Crippen LogP contribution in [0.4, 0.5) is 0 Å². The van der Waals surface area contributed by atoms with Crippen molar-refractivity contribution in [3.05, 3.63) is 34.9 Å². The average Bonchev–Trinajstić information content (AvgIpc) is 2.27. The highest BCUT2D eigenvalue weighted by atomic mass is 35.5. The van der Waals surface area contributed by atoms with Crippen molar-refractivity contribution in [3.8, 4) is 0 Å². The Hall–Kier alpha value is -1.06. The normalized spacial score (nSPS) is 19.7. The van der Waals surface area contributed by atoms with Gasteiger partial charge in [-0.05, 0) is 23.1 Å². The van der Waals surface area contributed by atoms with E-state index in [1.54, 1.807) is 6.07 Å². The first-order valence-corrected chi connectivity index (χ1v) is 5.28. The van der Waals surface area contributed by atoms with Gasteiger partial charge in [0.05, 0.1) is 6.61 Å². The van der Waals surface area contributed by atoms with E-state index in [9.17, 15) is 4.79 Å². The van der Waals surface area contributed by atoms with E-state index in [2.05, 4.69) is 0 Å². The van der Waals surface area contributed by atoms with E-state index in [1.165, 1.54) is 0 Å². The molecule has 0 aromatic heterocycles. The first-order valence-electron chi connectivity index (χ1n) is 4.75. The van der Waals surface area contributed by atoms with Gasteiger partial charge < -0.3 is 9.84 Å². The van der Waals surface area contributed by atoms with Crippen LogP contribution in [0.5, 0.6) is 0 Å². The number of aliphatic carboxylic acids is 1. The van der Waals surface area contributed by atoms with Crippen LogP contribution in [0.1, 0.15) is 22.8 Å². The molecule has 0 radical (unpaired) electrons. The fraction of sp³-hybridized carbons (Fsp3) is 0.364. The molecule has 0 bridgehead atoms. The molecular formula is C11H11ClO3. The Balaban J connectivity index is 2.48. The number of alkyl halides is 1. The van der Waals surface area contributed by atoms with E-state index in [1.807, 2.05) is 12.1 Å². The standard InChI is InChI=1S/C11H11ClO3/c12-6-7-2-1-3-9-8(7)4-5-15-10(9)11(13)14/h1-3,10H,4-6H2,(H,13,14). The van der Waals surface area contributed by atoms with E-state index in [0.717, 1.165) is 23.1 Å². The quantitative estimate of drug-likeness (QED) is 0.786. The fourth-order valence-corrected chi connectivity index (χ4v) is 2.15. The molecule has 15 heavy (non-hydrogen) atoms. The summed E-state index contributed by atoms with van der Waals surface area (Å²) >= 11 is 5.80. The second kappa shape index (κ2) is 4.21. The minimum absolute atomic E-state index is 0.412. The van der Waals surface area contributed by atoms with Gasteiger partial charge in [0, 0.05) is 5.88 Å². The predicted molar refractivity (Wildman–Crippen MR) is 56.0 cm³/mol. The lowest BCUT2D eigenvalue weighted by atomic mass is 9.93. The summed E-state index contributed by atoms with van der Waals surface area (Å²) in [5.41, 5.74) is 2.78. The number of halogens is 1. The van der Waals surface area contributed by atoms with Gasteiger partial charge >= 0.3 is 5.97 Å². The molecule has 2 rings (SSSR count). The van der Waals surface area contributed by atoms with Gasteiger partial charge in [0.25, 0.3) is 0 Å². The van der Waals surface area contributed by atoms with E-state index in [4.69, 9.17) is 21.4 Å². The Morgan fingerprint density at radius 3 is 3.07 bits per heavy atom. The number of rotatable bonds is 2. The molecule has 1 aromatic rings. The number of fused-ring (bicyclic) bond motifs is 1. The third kappa shape index (κ3) is 1.85. The van der Waals surface area contributed by atoms with Crippen molar-refractivity contribution in [1.29, 1.82) is 0 Å². The van der Waals surface area contributed by atoms with Crippen molar-refractivity contribution in [3.63, 3.8) is 0 Å². The molecule has 1 aromatic carbocycles. The molecule has 4 heteroatoms. The zero-order valence-corrected chi connectivity index (χ0v) is 8.83. The molecule has 1 heterocycles. The van der Waals surface area contributed by atoms with Crippen molar-refractivity contribution in [2.45, 2.75) is 18.4 Å². The zero-order valence-electron chi connectivity index (χ0n) is 8.07. The van der Waals surface area contributed by atoms with Crippen molar-refractivity contribution in [2.24, 2.45) is 0 Å². The minimum Gasteiger partial charge on any atom is -0.479 e. The van der Waals surface area contributed by atoms with Crippen molar-refractivity contribution >= 4 is 17.6 Å². The Labute approximate surface area is 92.6 Å². The Bertz CT molecular complexity index is 389. The van der Waals surface area contributed by atoms with E-state index in [-0.39, 0.29) is 0 Å². The molecule has 1 atom stereocenters. The minimum atomic E-state index is -0.942. The third-order valence-electron chi connectivity index (χ3n) is 2.60. The highest BCUT2D eigenvalue weighted by Crippen LogP contribution is 2.30. The molecule has 0 aliphatic carbocycles. The summed E-state index contributed by atoms with van der Waals surface area (Å²) in [4.78, 5) is 11.0. The lowest BCUT2D eigenvalue weighted by molar-refractivity contribution is -0.151. The SMILES string of the molecule is O=C(O)C1OCCc2c(CCl)cccc21. The van der Waals surface area contributed by atoms with Gasteiger partial charge in [0.1, 0.15) is 0 Å². The highest BCUT2D eigenvalue weighted by Gasteiger charge is 2.27. The first-order chi connectivity index (χ1) is 7.24. The molecule has 1 aliphatic heterocycles. The molecule has 0 fully saturated rings. The number of hydrogen-bond donors (Lipinski definition) is 1. The Morgan fingerprint density at radius 1 is 1.60 bits per heavy atom. The number of carbonyl (C=O) groups is 1. The molecular weight excluding hydrogens is 216 g/mol. The van der Waals surface area contributed by atoms with Gasteiger partial charge in [0.2, 0.25) is 0 Å². The summed E-state index contributed by atoms with van der Waals surface area (Å²) in [7, 11) is 0. The van der Waals surface area contributed by atoms with E-state index >= 15 is 0 Å². The molecule has 1 aliphatic rings. The second-order valence-corrected chi connectivity index (χ2v) is 3.72. The Kier molecular flexibility index (Phi) is 2.93. The first kappa shape index (κ1) is 10.5. The van der Waals surface area contributed by atoms with Gasteiger partial charge in [-0.2, -0.15) is 0 Å². The lowest BCUT2D eigenvalue weighted by Gasteiger charge is -2.24. The van der Waals surface area contributed by atoms with Crippen LogP contribution in [0, 0.1) is 0 Å². The summed E-state index contributed by atoms with van der Waals surface area (Å²) < 4.78 is 5.22. The largest absolute Gasteiger partial charge is 0.479 e. The number of carboxylic acid groups (broad SMARTS) is 1. The monoisotopic (exact) mass is 226 g/mol. The molecule has 80 valence electrons. The maximum atomic E-state index is 11.0. The molecule has 0 amide bonds. The second-order valence-electron chi connectivity index (χ2n) is 3.46. The average molecular weight is 227 g/mol. The van der Waals surface area contributed by atoms with Gasteiger partial charge in [-0.15, -0.1) is 11.6 Å². The van der Waals surface area contributed by atoms with Gasteiger partial charge in [-0.1, -0.05) is 18.2 Å². The van der Waals surface area contributed by atoms with E-state index < -0.39 is 12.1 Å². The van der Waals surface area contributed by atoms with Gasteiger partial charge in [-0.3, -0.25) is 0 Å². The van der Waals surface area contributed by atoms with Crippen LogP contribution < -0.4 is 0 Å². The molecule has 0 saturated heterocycles. The van der Waals surface area contributed by atoms with Crippen LogP contribution in [0.15, 0.2) is 18.2 Å². The molecule has 0 saturated carbocycles. The number of hydrogen-bond acceptors (Lipinski definition) is 2. The lowest BCUT2D eigenvalue weighted by Crippen LogP contribution is -2.23. The van der Waals surface area contributed by atoms with Crippen molar-refractivity contribution in [1.82, 2.24) is 0 Å². The molecule has 1 N–H and O–H groups in total. The van der Waals surface area contributed by atoms with Crippen molar-refractivity contribution in [2.75, 3.05) is 6.61 Å². The summed E-state index contributed by atoms with van der Waals surface area (Å²) in [5, 5.41) is 8.99. The predicted octanol–water partition coefficient (Wildman–Crippen LogP) is 2.12. The topological polar surface area (TPSA) is 46.5 Å². The van der Waals surface area contributed by atoms with Crippen LogP contribution in [0.2, 0.25) is 0 Å². The van der Waals surface area contributed by atoms with Gasteiger partial charge in [-0.25, -0.2) is 4.79 Å². The maximum Gasteiger partial charge on any atom is 0.337 e. The van der Waals surface area contributed by atoms with Crippen LogP contribution in [-0.4, -0.2) is 17.7 Å². The van der Waals surface area contributed by atoms with E-state index in [0.29, 0.717) is 12.5 Å². The summed E-state index contributed by atoms with van der Waals surface area (Å²) in [6.45, 7) is 0.442. The molecule has 0 spiro atoms. The maximum absolute atomic E-state index is 11.0. The van der Waals surface area contributed by atoms with Crippen molar-refractivity contribution < 1.29 is 14.6 Å². The third-order valence-corrected chi connectivity index (χ3v) is 2.88. The molecule has 3 nitrogen and oxygen atoms in total. The van der Waals surface area contributed by atoms with Crippen LogP contribution in [-0.2, 0) is 21.8 Å². The van der Waals surface area contributed by atoms with Crippen LogP contribution in [0.25, 0.3) is 0 Å². The molecule has 1 unspecified atom stereocenters. The Morgan fingerprint density at radius 2 is 2.40 bits per heavy atom.